The third kappa shape index (κ3) is 4.09. The highest BCUT2D eigenvalue weighted by Gasteiger charge is 2.18. The molecule has 0 amide bonds. The number of hydrogen-bond acceptors (Lipinski definition) is 4. The molecule has 0 saturated carbocycles. The number of nitrogens with zero attached hydrogens (tertiary/aromatic N) is 2. The van der Waals surface area contributed by atoms with Crippen molar-refractivity contribution in [2.24, 2.45) is 0 Å². The summed E-state index contributed by atoms with van der Waals surface area (Å²) in [5.41, 5.74) is 0.573. The van der Waals surface area contributed by atoms with Gasteiger partial charge in [-0.05, 0) is 52.7 Å². The minimum atomic E-state index is -0.756. The zero-order chi connectivity index (χ0) is 20.4. The highest BCUT2D eigenvalue weighted by atomic mass is 79.9. The number of aliphatic hydroxyl groups excluding tert-OH is 1. The van der Waals surface area contributed by atoms with Crippen molar-refractivity contribution in [3.8, 4) is 11.6 Å². The summed E-state index contributed by atoms with van der Waals surface area (Å²) in [5, 5.41) is 9.63. The fourth-order valence-corrected chi connectivity index (χ4v) is 3.16. The molecule has 1 N–H and O–H groups in total. The molecule has 146 valence electrons. The van der Waals surface area contributed by atoms with Crippen LogP contribution < -0.4 is 10.3 Å². The Hall–Kier alpha value is -2.29. The second kappa shape index (κ2) is 8.38. The highest BCUT2D eigenvalue weighted by Crippen LogP contribution is 2.26. The SMILES string of the molecule is Cc1nc(OCc2ccc(F)cc2F)c(Br)c(=O)n1-c1cc(CO)ccc1Cl. The van der Waals surface area contributed by atoms with E-state index in [1.807, 2.05) is 0 Å². The average Bonchev–Trinajstić information content (AvgIpc) is 2.66. The number of benzene rings is 2. The Morgan fingerprint density at radius 1 is 1.25 bits per heavy atom. The van der Waals surface area contributed by atoms with E-state index in [1.165, 1.54) is 10.6 Å². The fraction of sp³-hybridized carbons (Fsp3) is 0.158. The van der Waals surface area contributed by atoms with Gasteiger partial charge >= 0.3 is 0 Å². The van der Waals surface area contributed by atoms with Crippen LogP contribution in [0.5, 0.6) is 5.88 Å². The number of halogens is 4. The summed E-state index contributed by atoms with van der Waals surface area (Å²) in [5.74, 6) is -1.20. The third-order valence-electron chi connectivity index (χ3n) is 3.98. The average molecular weight is 472 g/mol. The molecular formula is C19H14BrClF2N2O3. The minimum absolute atomic E-state index is 0.0195. The molecule has 0 spiro atoms. The van der Waals surface area contributed by atoms with Crippen LogP contribution in [-0.2, 0) is 13.2 Å². The molecule has 3 aromatic rings. The summed E-state index contributed by atoms with van der Waals surface area (Å²) in [6, 6.07) is 7.92. The maximum Gasteiger partial charge on any atom is 0.276 e. The Morgan fingerprint density at radius 2 is 2.00 bits per heavy atom. The lowest BCUT2D eigenvalue weighted by Crippen LogP contribution is -2.24. The number of aliphatic hydroxyl groups is 1. The van der Waals surface area contributed by atoms with Gasteiger partial charge in [-0.3, -0.25) is 9.36 Å². The lowest BCUT2D eigenvalue weighted by Gasteiger charge is -2.15. The van der Waals surface area contributed by atoms with Crippen LogP contribution in [-0.4, -0.2) is 14.7 Å². The Bertz CT molecular complexity index is 1110. The van der Waals surface area contributed by atoms with Crippen LogP contribution in [0.15, 0.2) is 45.7 Å². The van der Waals surface area contributed by atoms with Gasteiger partial charge in [-0.2, -0.15) is 4.98 Å². The number of hydrogen-bond donors (Lipinski definition) is 1. The highest BCUT2D eigenvalue weighted by molar-refractivity contribution is 9.10. The van der Waals surface area contributed by atoms with E-state index in [-0.39, 0.29) is 35.0 Å². The predicted octanol–water partition coefficient (Wildman–Crippen LogP) is 4.31. The van der Waals surface area contributed by atoms with Crippen LogP contribution in [0.4, 0.5) is 8.78 Å². The Balaban J connectivity index is 1.98. The van der Waals surface area contributed by atoms with Crippen molar-refractivity contribution in [2.45, 2.75) is 20.1 Å². The van der Waals surface area contributed by atoms with Crippen molar-refractivity contribution < 1.29 is 18.6 Å². The van der Waals surface area contributed by atoms with E-state index in [2.05, 4.69) is 20.9 Å². The van der Waals surface area contributed by atoms with E-state index in [4.69, 9.17) is 16.3 Å². The molecule has 1 aromatic heterocycles. The second-order valence-corrected chi connectivity index (χ2v) is 7.09. The molecule has 9 heteroatoms. The lowest BCUT2D eigenvalue weighted by molar-refractivity contribution is 0.281. The third-order valence-corrected chi connectivity index (χ3v) is 4.98. The molecule has 1 heterocycles. The maximum atomic E-state index is 13.8. The summed E-state index contributed by atoms with van der Waals surface area (Å²) in [7, 11) is 0. The first kappa shape index (κ1) is 20.4. The Kier molecular flexibility index (Phi) is 6.12. The van der Waals surface area contributed by atoms with E-state index < -0.39 is 17.2 Å². The van der Waals surface area contributed by atoms with Crippen molar-refractivity contribution in [2.75, 3.05) is 0 Å². The van der Waals surface area contributed by atoms with Crippen molar-refractivity contribution in [1.82, 2.24) is 9.55 Å². The van der Waals surface area contributed by atoms with E-state index >= 15 is 0 Å². The van der Waals surface area contributed by atoms with E-state index in [9.17, 15) is 18.7 Å². The van der Waals surface area contributed by atoms with Crippen LogP contribution in [0.3, 0.4) is 0 Å². The number of aryl methyl sites for hydroxylation is 1. The molecule has 3 rings (SSSR count). The molecule has 28 heavy (non-hydrogen) atoms. The zero-order valence-corrected chi connectivity index (χ0v) is 16.9. The molecule has 0 unspecified atom stereocenters. The zero-order valence-electron chi connectivity index (χ0n) is 14.5. The van der Waals surface area contributed by atoms with Gasteiger partial charge in [0.15, 0.2) is 0 Å². The number of rotatable bonds is 5. The molecule has 0 aliphatic carbocycles. The Morgan fingerprint density at radius 3 is 2.68 bits per heavy atom. The van der Waals surface area contributed by atoms with Crippen LogP contribution in [0, 0.1) is 18.6 Å². The maximum absolute atomic E-state index is 13.8. The molecule has 0 saturated heterocycles. The van der Waals surface area contributed by atoms with Gasteiger partial charge in [-0.25, -0.2) is 8.78 Å². The van der Waals surface area contributed by atoms with Gasteiger partial charge in [-0.1, -0.05) is 17.7 Å². The van der Waals surface area contributed by atoms with Crippen molar-refractivity contribution in [1.29, 1.82) is 0 Å². The van der Waals surface area contributed by atoms with Gasteiger partial charge in [-0.15, -0.1) is 0 Å². The summed E-state index contributed by atoms with van der Waals surface area (Å²) in [6.45, 7) is 1.14. The molecule has 5 nitrogen and oxygen atoms in total. The molecule has 0 bridgehead atoms. The van der Waals surface area contributed by atoms with E-state index in [0.717, 1.165) is 12.1 Å². The summed E-state index contributed by atoms with van der Waals surface area (Å²) in [4.78, 5) is 17.1. The first-order chi connectivity index (χ1) is 13.3. The van der Waals surface area contributed by atoms with Crippen molar-refractivity contribution in [3.05, 3.63) is 84.8 Å². The first-order valence-corrected chi connectivity index (χ1v) is 9.24. The van der Waals surface area contributed by atoms with Gasteiger partial charge in [0.25, 0.3) is 5.56 Å². The first-order valence-electron chi connectivity index (χ1n) is 8.07. The fourth-order valence-electron chi connectivity index (χ4n) is 2.57. The second-order valence-electron chi connectivity index (χ2n) is 5.89. The number of ether oxygens (including phenoxy) is 1. The van der Waals surface area contributed by atoms with Crippen LogP contribution in [0.2, 0.25) is 5.02 Å². The van der Waals surface area contributed by atoms with Gasteiger partial charge in [0.05, 0.1) is 17.3 Å². The topological polar surface area (TPSA) is 64.3 Å². The lowest BCUT2D eigenvalue weighted by atomic mass is 10.2. The van der Waals surface area contributed by atoms with Crippen LogP contribution >= 0.6 is 27.5 Å². The molecule has 0 radical (unpaired) electrons. The van der Waals surface area contributed by atoms with Crippen LogP contribution in [0.1, 0.15) is 17.0 Å². The van der Waals surface area contributed by atoms with Crippen molar-refractivity contribution in [3.63, 3.8) is 0 Å². The van der Waals surface area contributed by atoms with Gasteiger partial charge in [0.1, 0.15) is 28.5 Å². The van der Waals surface area contributed by atoms with Gasteiger partial charge < -0.3 is 9.84 Å². The standard InChI is InChI=1S/C19H14BrClF2N2O3/c1-10-24-18(28-9-12-3-4-13(22)7-15(12)23)17(20)19(27)25(10)16-6-11(8-26)2-5-14(16)21/h2-7,26H,8-9H2,1H3. The van der Waals surface area contributed by atoms with Gasteiger partial charge in [0.2, 0.25) is 5.88 Å². The normalized spacial score (nSPS) is 10.9. The quantitative estimate of drug-likeness (QED) is 0.602. The van der Waals surface area contributed by atoms with Gasteiger partial charge in [0, 0.05) is 11.6 Å². The molecular weight excluding hydrogens is 458 g/mol. The largest absolute Gasteiger partial charge is 0.472 e. The molecule has 2 aromatic carbocycles. The molecule has 0 aliphatic heterocycles. The van der Waals surface area contributed by atoms with E-state index in [0.29, 0.717) is 16.3 Å². The molecule has 0 atom stereocenters. The molecule has 0 aliphatic rings. The van der Waals surface area contributed by atoms with E-state index in [1.54, 1.807) is 25.1 Å². The number of aromatic nitrogens is 2. The smallest absolute Gasteiger partial charge is 0.276 e. The van der Waals surface area contributed by atoms with Crippen LogP contribution in [0.25, 0.3) is 5.69 Å². The monoisotopic (exact) mass is 470 g/mol. The summed E-state index contributed by atoms with van der Waals surface area (Å²) in [6.07, 6.45) is 0. The molecule has 0 fully saturated rings. The minimum Gasteiger partial charge on any atom is -0.472 e. The summed E-state index contributed by atoms with van der Waals surface area (Å²) < 4.78 is 33.5. The Labute approximate surface area is 172 Å². The summed E-state index contributed by atoms with van der Waals surface area (Å²) >= 11 is 9.37. The predicted molar refractivity (Wildman–Crippen MR) is 104 cm³/mol. The van der Waals surface area contributed by atoms with Crippen molar-refractivity contribution >= 4 is 27.5 Å².